The van der Waals surface area contributed by atoms with Crippen molar-refractivity contribution in [1.82, 2.24) is 25.5 Å². The Bertz CT molecular complexity index is 5980. The van der Waals surface area contributed by atoms with Crippen LogP contribution in [0.4, 0.5) is 24.5 Å². The van der Waals surface area contributed by atoms with E-state index in [2.05, 4.69) is 405 Å². The van der Waals surface area contributed by atoms with Crippen molar-refractivity contribution < 1.29 is 57.9 Å². The molecule has 0 saturated heterocycles. The first-order valence-corrected chi connectivity index (χ1v) is 48.5. The number of nitriles is 1. The Balaban J connectivity index is 0.000000180. The number of aryl methyl sites for hydroxylation is 2. The molecule has 3 aromatic heterocycles. The Hall–Kier alpha value is -13.3. The molecule has 11 nitrogen and oxygen atoms in total. The molecule has 1 amide bonds. The normalized spacial score (nSPS) is 10.1. The number of nitrogens with one attached hydrogen (secondary N) is 2. The van der Waals surface area contributed by atoms with Crippen LogP contribution in [-0.2, 0) is 52.9 Å². The molecule has 666 valence electrons. The minimum atomic E-state index is -0.560. The zero-order valence-corrected chi connectivity index (χ0v) is 84.1. The predicted octanol–water partition coefficient (Wildman–Crippen LogP) is 22.9. The number of benzene rings is 16. The summed E-state index contributed by atoms with van der Waals surface area (Å²) in [5, 5.41) is 49.4. The van der Waals surface area contributed by atoms with E-state index in [1.807, 2.05) is 31.2 Å². The molecule has 0 atom stereocenters. The van der Waals surface area contributed by atoms with Gasteiger partial charge in [-0.3, -0.25) is 19.9 Å². The summed E-state index contributed by atoms with van der Waals surface area (Å²) in [5.74, 6) is -1.57. The number of hydrogen-bond donors (Lipinski definition) is 4. The minimum Gasteiger partial charge on any atom is -0.512 e. The number of nitrogens with zero attached hydrogens (tertiary/aromatic N) is 6. The maximum Gasteiger partial charge on any atom is 2.00 e. The molecule has 0 radical (unpaired) electrons. The standard InChI is InChI=1S/C24H17ClFN5O.4C18H15P.C8H7FN2.C7H7BrFN.2CN.Pd.Zn/c25-19-8-16-5-14(1-2-22(16)28-13-19)6-20-9-15(3-4-27-20)24(32)29-11-17-7-18-12-30-31-23(18)10-21(17)26;4*1-4-10-16(11-5-1)19(17-12-6-2-7-13-17)18-14-8-3-9-15-18;1-5-2-6(4-10)7(9)3-8(5)11;1-4-2-5(8)6(9)3-7(4)10;2*1-2;;/h1-5,7-10,12-13H,6,11H2,(H,29,32)(H,30,31);4*1-15H;2-3H,11H2,1H3;2-3H,10H2,1H3;;;;/q;;;;;;;2*-1;;+2. The maximum atomic E-state index is 14.3. The van der Waals surface area contributed by atoms with Gasteiger partial charge in [-0.2, -0.15) is 10.4 Å². The zero-order valence-electron chi connectivity index (χ0n) is 73.7. The van der Waals surface area contributed by atoms with Crippen LogP contribution in [0.1, 0.15) is 43.9 Å². The Kier molecular flexibility index (Phi) is 44.2. The van der Waals surface area contributed by atoms with Gasteiger partial charge in [0.05, 0.1) is 32.3 Å². The fourth-order valence-electron chi connectivity index (χ4n) is 13.8. The fourth-order valence-corrected chi connectivity index (χ4v) is 23.6. The van der Waals surface area contributed by atoms with Crippen molar-refractivity contribution in [3.8, 4) is 6.07 Å². The third kappa shape index (κ3) is 31.7. The molecule has 19 rings (SSSR count). The molecule has 16 aromatic carbocycles. The Morgan fingerprint density at radius 1 is 0.407 bits per heavy atom. The Morgan fingerprint density at radius 2 is 0.733 bits per heavy atom. The number of carbonyl (C=O) groups excluding carboxylic acids is 1. The SMILES string of the molecule is Cc1cc(Br)c(F)cc1N.Cc1cc(C#N)c(F)cc1N.O=C(NCc1cc2cn[nH]c2cc1F)c1ccnc(Cc2ccc3ncc(Cl)cc3c2)c1.[C-]#N.[C-]#N.[Pd].[Zn+2].c1ccc(P(c2ccccc2)c2ccccc2)cc1.c1ccc(P(c2ccccc2)c2ccccc2)cc1.c1ccc(P(c2ccccc2)c2ccccc2)cc1.c1ccc(P(c2ccccc2)c2ccccc2)cc1. The number of aromatic amines is 1. The van der Waals surface area contributed by atoms with Gasteiger partial charge in [0, 0.05) is 84.8 Å². The molecule has 0 spiro atoms. The second kappa shape index (κ2) is 56.6. The summed E-state index contributed by atoms with van der Waals surface area (Å²) in [6, 6.07) is 151. The summed E-state index contributed by atoms with van der Waals surface area (Å²) in [6.45, 7) is 13.1. The molecule has 6 N–H and O–H groups in total. The molecule has 3 heterocycles. The molecule has 0 aliphatic heterocycles. The molecular weight excluding hydrogens is 1980 g/mol. The minimum absolute atomic E-state index is 0. The van der Waals surface area contributed by atoms with E-state index in [-0.39, 0.29) is 63.7 Å². The molecule has 0 aliphatic carbocycles. The van der Waals surface area contributed by atoms with Crippen LogP contribution in [0.15, 0.2) is 460 Å². The molecular formula is C113H91BrClF3N10OP4PdZn. The van der Waals surface area contributed by atoms with E-state index in [0.29, 0.717) is 43.9 Å². The van der Waals surface area contributed by atoms with E-state index < -0.39 is 43.3 Å². The molecule has 0 saturated carbocycles. The summed E-state index contributed by atoms with van der Waals surface area (Å²) in [5.41, 5.74) is 17.4. The van der Waals surface area contributed by atoms with Crippen LogP contribution >= 0.6 is 59.2 Å². The first-order chi connectivity index (χ1) is 65.1. The van der Waals surface area contributed by atoms with Crippen molar-refractivity contribution in [2.75, 3.05) is 11.5 Å². The van der Waals surface area contributed by atoms with E-state index in [9.17, 15) is 18.0 Å². The summed E-state index contributed by atoms with van der Waals surface area (Å²) in [4.78, 5) is 21.3. The number of aromatic nitrogens is 4. The van der Waals surface area contributed by atoms with Gasteiger partial charge in [-0.15, -0.1) is 0 Å². The number of halogens is 5. The van der Waals surface area contributed by atoms with Crippen molar-refractivity contribution in [1.29, 1.82) is 15.8 Å². The van der Waals surface area contributed by atoms with Gasteiger partial charge in [0.2, 0.25) is 0 Å². The topological polar surface area (TPSA) is 207 Å². The molecule has 0 fully saturated rings. The maximum absolute atomic E-state index is 14.3. The van der Waals surface area contributed by atoms with Crippen LogP contribution < -0.4 is 80.4 Å². The number of nitrogen functional groups attached to an aromatic ring is 2. The van der Waals surface area contributed by atoms with Gasteiger partial charge in [-0.1, -0.05) is 382 Å². The van der Waals surface area contributed by atoms with Crippen molar-refractivity contribution in [3.05, 3.63) is 535 Å². The van der Waals surface area contributed by atoms with E-state index in [1.54, 1.807) is 55.8 Å². The van der Waals surface area contributed by atoms with Crippen LogP contribution in [0.25, 0.3) is 21.8 Å². The third-order valence-electron chi connectivity index (χ3n) is 20.2. The average Bonchev–Trinajstić information content (AvgIpc) is 1.62. The second-order valence-electron chi connectivity index (χ2n) is 29.3. The van der Waals surface area contributed by atoms with Crippen molar-refractivity contribution in [3.63, 3.8) is 0 Å². The average molecular weight is 2070 g/mol. The number of anilines is 2. The first kappa shape index (κ1) is 105. The molecule has 135 heavy (non-hydrogen) atoms. The number of amides is 1. The predicted molar refractivity (Wildman–Crippen MR) is 555 cm³/mol. The number of nitrogens with two attached hydrogens (primary N) is 2. The van der Waals surface area contributed by atoms with Gasteiger partial charge in [0.25, 0.3) is 5.91 Å². The number of carbonyl (C=O) groups is 1. The van der Waals surface area contributed by atoms with E-state index in [0.717, 1.165) is 44.7 Å². The number of H-pyrrole nitrogens is 1. The van der Waals surface area contributed by atoms with Gasteiger partial charge >= 0.3 is 19.5 Å². The summed E-state index contributed by atoms with van der Waals surface area (Å²) in [7, 11) is -1.78. The molecule has 19 aromatic rings. The number of fused-ring (bicyclic) bond motifs is 2. The molecule has 0 bridgehead atoms. The molecule has 0 unspecified atom stereocenters. The monoisotopic (exact) mass is 2070 g/mol. The van der Waals surface area contributed by atoms with E-state index in [4.69, 9.17) is 52.0 Å². The first-order valence-electron chi connectivity index (χ1n) is 41.9. The van der Waals surface area contributed by atoms with Gasteiger partial charge in [0.1, 0.15) is 23.5 Å². The summed E-state index contributed by atoms with van der Waals surface area (Å²) < 4.78 is 40.1. The summed E-state index contributed by atoms with van der Waals surface area (Å²) >= 11 is 9.10. The Morgan fingerprint density at radius 3 is 1.06 bits per heavy atom. The third-order valence-corrected chi connectivity index (χ3v) is 30.8. The van der Waals surface area contributed by atoms with Gasteiger partial charge < -0.3 is 40.5 Å². The number of pyridine rings is 2. The van der Waals surface area contributed by atoms with Crippen LogP contribution in [0.5, 0.6) is 0 Å². The van der Waals surface area contributed by atoms with Crippen molar-refractivity contribution in [2.24, 2.45) is 0 Å². The molecule has 22 heteroatoms. The molecule has 0 aliphatic rings. The second-order valence-corrected chi connectivity index (χ2v) is 39.4. The van der Waals surface area contributed by atoms with Crippen molar-refractivity contribution in [2.45, 2.75) is 26.8 Å². The largest absolute Gasteiger partial charge is 2.00 e. The zero-order chi connectivity index (χ0) is 93.9. The number of rotatable bonds is 17. The number of hydrogen-bond acceptors (Lipinski definition) is 9. The quantitative estimate of drug-likeness (QED) is 0.0296. The smallest absolute Gasteiger partial charge is 0.512 e. The van der Waals surface area contributed by atoms with Crippen LogP contribution in [0.3, 0.4) is 0 Å². The van der Waals surface area contributed by atoms with Gasteiger partial charge in [0.15, 0.2) is 0 Å². The van der Waals surface area contributed by atoms with Gasteiger partial charge in [-0.05, 0) is 209 Å². The van der Waals surface area contributed by atoms with Gasteiger partial charge in [-0.25, -0.2) is 13.2 Å². The van der Waals surface area contributed by atoms with Crippen molar-refractivity contribution >= 4 is 162 Å². The van der Waals surface area contributed by atoms with Crippen LogP contribution in [-0.4, -0.2) is 26.1 Å². The van der Waals surface area contributed by atoms with E-state index in [1.165, 1.54) is 81.9 Å². The van der Waals surface area contributed by atoms with E-state index >= 15 is 0 Å². The van der Waals surface area contributed by atoms with Crippen LogP contribution in [0, 0.1) is 66.3 Å². The summed E-state index contributed by atoms with van der Waals surface area (Å²) in [6.07, 6.45) is 5.38. The fraction of sp³-hybridized carbons (Fsp3) is 0.0354. The Labute approximate surface area is 832 Å². The van der Waals surface area contributed by atoms with Crippen LogP contribution in [0.2, 0.25) is 5.02 Å².